The quantitative estimate of drug-likeness (QED) is 0.121. The van der Waals surface area contributed by atoms with Crippen LogP contribution in [0.2, 0.25) is 0 Å². The molecule has 6 nitrogen and oxygen atoms in total. The van der Waals surface area contributed by atoms with Gasteiger partial charge < -0.3 is 19.8 Å². The van der Waals surface area contributed by atoms with E-state index in [4.69, 9.17) is 9.97 Å². The molecule has 8 aromatic rings. The maximum absolute atomic E-state index is 13.6. The fraction of sp³-hybridized carbons (Fsp3) is 0.190. The molecule has 0 amide bonds. The van der Waals surface area contributed by atoms with Gasteiger partial charge in [0.15, 0.2) is 0 Å². The molecule has 0 unspecified atom stereocenters. The lowest BCUT2D eigenvalue weighted by molar-refractivity contribution is 0.577. The summed E-state index contributed by atoms with van der Waals surface area (Å²) in [6.07, 6.45) is 5.82. The third kappa shape index (κ3) is 6.35. The smallest absolute Gasteiger partial charge is 0.123 e. The highest BCUT2D eigenvalue weighted by atomic mass is 19.1. The van der Waals surface area contributed by atoms with Crippen LogP contribution in [0.4, 0.5) is 8.78 Å². The minimum Gasteiger partial charge on any atom is -0.334 e. The first-order valence-electron chi connectivity index (χ1n) is 17.2. The van der Waals surface area contributed by atoms with Crippen molar-refractivity contribution in [2.24, 2.45) is 0 Å². The van der Waals surface area contributed by atoms with Crippen molar-refractivity contribution in [3.05, 3.63) is 156 Å². The standard InChI is InChI=1S/C42H38F2N6/c43-31-15-11-29(12-16-31)27-49-39-9-3-1-7-33(39)35-19-23-47-37(41(35)49)25-45-21-5-6-22-46-26-38-42-36(20-24-48-38)34-8-2-4-10-40(34)50(42)28-30-13-17-32(44)18-14-30/h1-4,7-20,23-24,45-46H,5-6,21-22,25-28H2. The number of pyridine rings is 2. The van der Waals surface area contributed by atoms with Crippen LogP contribution in [0.15, 0.2) is 122 Å². The number of fused-ring (bicyclic) bond motifs is 6. The van der Waals surface area contributed by atoms with Crippen LogP contribution >= 0.6 is 0 Å². The van der Waals surface area contributed by atoms with Crippen LogP contribution in [-0.4, -0.2) is 32.2 Å². The van der Waals surface area contributed by atoms with Gasteiger partial charge in [-0.25, -0.2) is 8.78 Å². The molecule has 0 spiro atoms. The van der Waals surface area contributed by atoms with E-state index in [2.05, 4.69) is 80.4 Å². The zero-order valence-corrected chi connectivity index (χ0v) is 27.7. The summed E-state index contributed by atoms with van der Waals surface area (Å²) in [5.41, 5.74) is 8.64. The van der Waals surface area contributed by atoms with Crippen LogP contribution in [0.1, 0.15) is 35.4 Å². The third-order valence-corrected chi connectivity index (χ3v) is 9.56. The monoisotopic (exact) mass is 664 g/mol. The zero-order valence-electron chi connectivity index (χ0n) is 27.7. The molecule has 4 aromatic carbocycles. The predicted molar refractivity (Wildman–Crippen MR) is 198 cm³/mol. The van der Waals surface area contributed by atoms with E-state index in [-0.39, 0.29) is 11.6 Å². The highest BCUT2D eigenvalue weighted by Gasteiger charge is 2.16. The Labute approximate surface area is 289 Å². The number of aromatic nitrogens is 4. The number of rotatable bonds is 13. The molecule has 0 radical (unpaired) electrons. The molecule has 8 heteroatoms. The zero-order chi connectivity index (χ0) is 33.9. The molecule has 0 aliphatic heterocycles. The van der Waals surface area contributed by atoms with Gasteiger partial charge in [-0.15, -0.1) is 0 Å². The Morgan fingerprint density at radius 1 is 0.480 bits per heavy atom. The summed E-state index contributed by atoms with van der Waals surface area (Å²) in [7, 11) is 0. The topological polar surface area (TPSA) is 59.7 Å². The second-order valence-corrected chi connectivity index (χ2v) is 12.8. The molecule has 4 heterocycles. The van der Waals surface area contributed by atoms with E-state index in [1.165, 1.54) is 45.8 Å². The molecule has 4 aromatic heterocycles. The predicted octanol–water partition coefficient (Wildman–Crippen LogP) is 8.73. The van der Waals surface area contributed by atoms with Gasteiger partial charge in [0.2, 0.25) is 0 Å². The van der Waals surface area contributed by atoms with Crippen LogP contribution in [-0.2, 0) is 26.2 Å². The van der Waals surface area contributed by atoms with Crippen LogP contribution < -0.4 is 10.6 Å². The number of halogens is 2. The van der Waals surface area contributed by atoms with Crippen LogP contribution in [0.3, 0.4) is 0 Å². The van der Waals surface area contributed by atoms with Gasteiger partial charge in [-0.05, 0) is 85.6 Å². The fourth-order valence-electron chi connectivity index (χ4n) is 7.19. The first-order valence-corrected chi connectivity index (χ1v) is 17.2. The van der Waals surface area contributed by atoms with Crippen molar-refractivity contribution in [1.82, 2.24) is 29.7 Å². The average molecular weight is 665 g/mol. The molecule has 250 valence electrons. The lowest BCUT2D eigenvalue weighted by Crippen LogP contribution is -2.20. The molecule has 0 bridgehead atoms. The lowest BCUT2D eigenvalue weighted by Gasteiger charge is -2.12. The average Bonchev–Trinajstić information content (AvgIpc) is 3.64. The van der Waals surface area contributed by atoms with E-state index in [1.807, 2.05) is 36.7 Å². The van der Waals surface area contributed by atoms with Crippen molar-refractivity contribution >= 4 is 43.6 Å². The minimum absolute atomic E-state index is 0.228. The maximum Gasteiger partial charge on any atom is 0.123 e. The number of benzene rings is 4. The minimum atomic E-state index is -0.228. The molecule has 0 atom stereocenters. The van der Waals surface area contributed by atoms with Crippen LogP contribution in [0.5, 0.6) is 0 Å². The Morgan fingerprint density at radius 3 is 1.34 bits per heavy atom. The number of hydrogen-bond acceptors (Lipinski definition) is 4. The molecular weight excluding hydrogens is 627 g/mol. The number of hydrogen-bond donors (Lipinski definition) is 2. The Kier molecular flexibility index (Phi) is 9.03. The molecule has 0 aliphatic carbocycles. The summed E-state index contributed by atoms with van der Waals surface area (Å²) in [5.74, 6) is -0.455. The van der Waals surface area contributed by atoms with Crippen LogP contribution in [0, 0.1) is 11.6 Å². The molecule has 2 N–H and O–H groups in total. The second kappa shape index (κ2) is 14.2. The fourth-order valence-corrected chi connectivity index (χ4v) is 7.19. The number of para-hydroxylation sites is 2. The molecule has 50 heavy (non-hydrogen) atoms. The van der Waals surface area contributed by atoms with E-state index in [1.54, 1.807) is 0 Å². The Balaban J connectivity index is 0.909. The van der Waals surface area contributed by atoms with Gasteiger partial charge in [0.25, 0.3) is 0 Å². The van der Waals surface area contributed by atoms with E-state index in [0.717, 1.165) is 70.5 Å². The van der Waals surface area contributed by atoms with Gasteiger partial charge in [-0.3, -0.25) is 9.97 Å². The Hall–Kier alpha value is -5.44. The van der Waals surface area contributed by atoms with Crippen molar-refractivity contribution in [2.45, 2.75) is 39.0 Å². The normalized spacial score (nSPS) is 11.8. The number of nitrogens with one attached hydrogen (secondary N) is 2. The second-order valence-electron chi connectivity index (χ2n) is 12.8. The highest BCUT2D eigenvalue weighted by molar-refractivity contribution is 6.09. The van der Waals surface area contributed by atoms with Gasteiger partial charge in [0.1, 0.15) is 11.6 Å². The van der Waals surface area contributed by atoms with Crippen molar-refractivity contribution in [2.75, 3.05) is 13.1 Å². The first-order chi connectivity index (χ1) is 24.6. The largest absolute Gasteiger partial charge is 0.334 e. The summed E-state index contributed by atoms with van der Waals surface area (Å²) < 4.78 is 31.9. The van der Waals surface area contributed by atoms with Crippen LogP contribution in [0.25, 0.3) is 43.6 Å². The summed E-state index contributed by atoms with van der Waals surface area (Å²) in [4.78, 5) is 9.59. The van der Waals surface area contributed by atoms with Gasteiger partial charge in [0, 0.05) is 71.2 Å². The molecule has 0 saturated heterocycles. The molecular formula is C42H38F2N6. The third-order valence-electron chi connectivity index (χ3n) is 9.56. The lowest BCUT2D eigenvalue weighted by atomic mass is 10.1. The molecule has 0 saturated carbocycles. The van der Waals surface area contributed by atoms with E-state index < -0.39 is 0 Å². The van der Waals surface area contributed by atoms with Gasteiger partial charge in [-0.1, -0.05) is 60.7 Å². The first kappa shape index (κ1) is 31.8. The summed E-state index contributed by atoms with van der Waals surface area (Å²) in [5, 5.41) is 12.0. The van der Waals surface area contributed by atoms with Crippen molar-refractivity contribution in [1.29, 1.82) is 0 Å². The van der Waals surface area contributed by atoms with Crippen molar-refractivity contribution in [3.8, 4) is 0 Å². The summed E-state index contributed by atoms with van der Waals surface area (Å²) >= 11 is 0. The Bertz CT molecular complexity index is 2240. The highest BCUT2D eigenvalue weighted by Crippen LogP contribution is 2.32. The van der Waals surface area contributed by atoms with Gasteiger partial charge in [0.05, 0.1) is 22.4 Å². The van der Waals surface area contributed by atoms with E-state index in [9.17, 15) is 8.78 Å². The SMILES string of the molecule is Fc1ccc(Cn2c3ccccc3c3ccnc(CNCCCCNCc4nccc5c6ccccc6n(Cc6ccc(F)cc6)c45)c32)cc1. The van der Waals surface area contributed by atoms with Crippen molar-refractivity contribution < 1.29 is 8.78 Å². The van der Waals surface area contributed by atoms with Gasteiger partial charge in [-0.2, -0.15) is 0 Å². The molecule has 0 aliphatic rings. The van der Waals surface area contributed by atoms with E-state index in [0.29, 0.717) is 26.2 Å². The van der Waals surface area contributed by atoms with Gasteiger partial charge >= 0.3 is 0 Å². The number of unbranched alkanes of at least 4 members (excludes halogenated alkanes) is 1. The number of nitrogens with zero attached hydrogens (tertiary/aromatic N) is 4. The summed E-state index contributed by atoms with van der Waals surface area (Å²) in [6.45, 7) is 4.36. The summed E-state index contributed by atoms with van der Waals surface area (Å²) in [6, 6.07) is 34.5. The van der Waals surface area contributed by atoms with Crippen molar-refractivity contribution in [3.63, 3.8) is 0 Å². The van der Waals surface area contributed by atoms with E-state index >= 15 is 0 Å². The molecule has 0 fully saturated rings. The molecule has 8 rings (SSSR count). The maximum atomic E-state index is 13.6. The Morgan fingerprint density at radius 2 is 0.900 bits per heavy atom.